The summed E-state index contributed by atoms with van der Waals surface area (Å²) in [6, 6.07) is 8.37. The Kier molecular flexibility index (Phi) is 2.70. The molecule has 6 nitrogen and oxygen atoms in total. The standard InChI is InChI=1S/C13H16N6/c1-18(2)12-15-11(14)16-13(17-12)19-7-9-5-3-4-6-10(9)8-19/h3-6H,7-8H2,1-2H3,(H2,14,15,16,17). The fourth-order valence-corrected chi connectivity index (χ4v) is 2.19. The molecule has 0 fully saturated rings. The van der Waals surface area contributed by atoms with Crippen molar-refractivity contribution < 1.29 is 0 Å². The molecular weight excluding hydrogens is 240 g/mol. The van der Waals surface area contributed by atoms with E-state index in [0.29, 0.717) is 11.9 Å². The monoisotopic (exact) mass is 256 g/mol. The fourth-order valence-electron chi connectivity index (χ4n) is 2.19. The van der Waals surface area contributed by atoms with Gasteiger partial charge in [-0.3, -0.25) is 0 Å². The Morgan fingerprint density at radius 2 is 1.68 bits per heavy atom. The minimum Gasteiger partial charge on any atom is -0.368 e. The zero-order chi connectivity index (χ0) is 13.4. The second-order valence-corrected chi connectivity index (χ2v) is 4.81. The maximum Gasteiger partial charge on any atom is 0.232 e. The van der Waals surface area contributed by atoms with E-state index in [0.717, 1.165) is 13.1 Å². The molecule has 2 N–H and O–H groups in total. The number of fused-ring (bicyclic) bond motifs is 1. The van der Waals surface area contributed by atoms with Gasteiger partial charge in [-0.05, 0) is 11.1 Å². The van der Waals surface area contributed by atoms with Crippen LogP contribution in [0.1, 0.15) is 11.1 Å². The van der Waals surface area contributed by atoms with E-state index in [2.05, 4.69) is 44.1 Å². The summed E-state index contributed by atoms with van der Waals surface area (Å²) in [6.07, 6.45) is 0. The predicted octanol–water partition coefficient (Wildman–Crippen LogP) is 1.04. The van der Waals surface area contributed by atoms with Crippen molar-refractivity contribution in [3.63, 3.8) is 0 Å². The molecule has 1 aliphatic heterocycles. The number of nitrogen functional groups attached to an aromatic ring is 1. The minimum absolute atomic E-state index is 0.254. The van der Waals surface area contributed by atoms with Crippen LogP contribution in [0.4, 0.5) is 17.8 Å². The number of aromatic nitrogens is 3. The van der Waals surface area contributed by atoms with Crippen LogP contribution in [0.5, 0.6) is 0 Å². The lowest BCUT2D eigenvalue weighted by atomic mass is 10.1. The zero-order valence-corrected chi connectivity index (χ0v) is 11.0. The summed E-state index contributed by atoms with van der Waals surface area (Å²) in [5.41, 5.74) is 8.38. The maximum absolute atomic E-state index is 5.75. The molecule has 0 radical (unpaired) electrons. The van der Waals surface area contributed by atoms with Crippen LogP contribution >= 0.6 is 0 Å². The van der Waals surface area contributed by atoms with E-state index < -0.39 is 0 Å². The smallest absolute Gasteiger partial charge is 0.232 e. The summed E-state index contributed by atoms with van der Waals surface area (Å²) in [5, 5.41) is 0. The van der Waals surface area contributed by atoms with Gasteiger partial charge < -0.3 is 15.5 Å². The molecule has 0 aliphatic carbocycles. The summed E-state index contributed by atoms with van der Waals surface area (Å²) in [7, 11) is 3.77. The number of nitrogens with zero attached hydrogens (tertiary/aromatic N) is 5. The first kappa shape index (κ1) is 11.7. The molecule has 0 atom stereocenters. The Balaban J connectivity index is 1.93. The molecule has 3 rings (SSSR count). The van der Waals surface area contributed by atoms with E-state index >= 15 is 0 Å². The normalized spacial score (nSPS) is 13.5. The van der Waals surface area contributed by atoms with Crippen LogP contribution in [0.2, 0.25) is 0 Å². The van der Waals surface area contributed by atoms with Crippen molar-refractivity contribution in [3.8, 4) is 0 Å². The Labute approximate surface area is 111 Å². The molecule has 0 spiro atoms. The van der Waals surface area contributed by atoms with E-state index in [1.807, 2.05) is 19.0 Å². The first-order valence-corrected chi connectivity index (χ1v) is 6.14. The molecule has 0 amide bonds. The van der Waals surface area contributed by atoms with Crippen LogP contribution in [0, 0.1) is 0 Å². The van der Waals surface area contributed by atoms with Crippen molar-refractivity contribution in [1.29, 1.82) is 0 Å². The molecular formula is C13H16N6. The lowest BCUT2D eigenvalue weighted by Crippen LogP contribution is -2.22. The molecule has 1 aliphatic rings. The molecule has 0 bridgehead atoms. The lowest BCUT2D eigenvalue weighted by Gasteiger charge is -2.18. The van der Waals surface area contributed by atoms with E-state index in [1.54, 1.807) is 0 Å². The molecule has 0 saturated carbocycles. The average molecular weight is 256 g/mol. The number of hydrogen-bond acceptors (Lipinski definition) is 6. The SMILES string of the molecule is CN(C)c1nc(N)nc(N2Cc3ccccc3C2)n1. The van der Waals surface area contributed by atoms with Crippen molar-refractivity contribution in [1.82, 2.24) is 15.0 Å². The summed E-state index contributed by atoms with van der Waals surface area (Å²) in [5.74, 6) is 1.47. The van der Waals surface area contributed by atoms with Crippen LogP contribution in [0.15, 0.2) is 24.3 Å². The third-order valence-electron chi connectivity index (χ3n) is 3.15. The molecule has 0 saturated heterocycles. The number of nitrogens with two attached hydrogens (primary N) is 1. The quantitative estimate of drug-likeness (QED) is 0.865. The van der Waals surface area contributed by atoms with Gasteiger partial charge in [-0.1, -0.05) is 24.3 Å². The summed E-state index contributed by atoms with van der Waals surface area (Å²) >= 11 is 0. The fraction of sp³-hybridized carbons (Fsp3) is 0.308. The first-order valence-electron chi connectivity index (χ1n) is 6.14. The Morgan fingerprint density at radius 1 is 1.05 bits per heavy atom. The van der Waals surface area contributed by atoms with E-state index in [4.69, 9.17) is 5.73 Å². The third-order valence-corrected chi connectivity index (χ3v) is 3.15. The minimum atomic E-state index is 0.254. The van der Waals surface area contributed by atoms with Crippen molar-refractivity contribution in [2.75, 3.05) is 29.6 Å². The molecule has 19 heavy (non-hydrogen) atoms. The highest BCUT2D eigenvalue weighted by Crippen LogP contribution is 2.26. The maximum atomic E-state index is 5.75. The highest BCUT2D eigenvalue weighted by Gasteiger charge is 2.21. The first-order chi connectivity index (χ1) is 9.13. The Bertz CT molecular complexity index is 585. The highest BCUT2D eigenvalue weighted by atomic mass is 15.3. The van der Waals surface area contributed by atoms with Gasteiger partial charge in [0.2, 0.25) is 17.8 Å². The van der Waals surface area contributed by atoms with Gasteiger partial charge in [0.15, 0.2) is 0 Å². The second-order valence-electron chi connectivity index (χ2n) is 4.81. The van der Waals surface area contributed by atoms with Crippen molar-refractivity contribution >= 4 is 17.8 Å². The van der Waals surface area contributed by atoms with Crippen molar-refractivity contribution in [2.45, 2.75) is 13.1 Å². The van der Waals surface area contributed by atoms with Gasteiger partial charge in [-0.15, -0.1) is 0 Å². The lowest BCUT2D eigenvalue weighted by molar-refractivity contribution is 0.813. The Hall–Kier alpha value is -2.37. The van der Waals surface area contributed by atoms with E-state index in [9.17, 15) is 0 Å². The second kappa shape index (κ2) is 4.38. The topological polar surface area (TPSA) is 71.2 Å². The number of benzene rings is 1. The molecule has 98 valence electrons. The summed E-state index contributed by atoms with van der Waals surface area (Å²) < 4.78 is 0. The van der Waals surface area contributed by atoms with Gasteiger partial charge in [-0.2, -0.15) is 15.0 Å². The number of rotatable bonds is 2. The molecule has 2 aromatic rings. The Morgan fingerprint density at radius 3 is 2.26 bits per heavy atom. The van der Waals surface area contributed by atoms with Crippen LogP contribution in [-0.2, 0) is 13.1 Å². The highest BCUT2D eigenvalue weighted by molar-refractivity contribution is 5.47. The average Bonchev–Trinajstić information content (AvgIpc) is 2.81. The third kappa shape index (κ3) is 2.16. The predicted molar refractivity (Wildman–Crippen MR) is 74.9 cm³/mol. The molecule has 1 aromatic heterocycles. The van der Waals surface area contributed by atoms with Crippen molar-refractivity contribution in [2.24, 2.45) is 0 Å². The van der Waals surface area contributed by atoms with Gasteiger partial charge in [0.05, 0.1) is 0 Å². The van der Waals surface area contributed by atoms with Gasteiger partial charge in [-0.25, -0.2) is 0 Å². The van der Waals surface area contributed by atoms with Gasteiger partial charge in [0.1, 0.15) is 0 Å². The van der Waals surface area contributed by atoms with Crippen LogP contribution in [0.25, 0.3) is 0 Å². The molecule has 0 unspecified atom stereocenters. The van der Waals surface area contributed by atoms with E-state index in [-0.39, 0.29) is 5.95 Å². The zero-order valence-electron chi connectivity index (χ0n) is 11.0. The summed E-state index contributed by atoms with van der Waals surface area (Å²) in [6.45, 7) is 1.62. The van der Waals surface area contributed by atoms with Gasteiger partial charge >= 0.3 is 0 Å². The molecule has 6 heteroatoms. The van der Waals surface area contributed by atoms with E-state index in [1.165, 1.54) is 11.1 Å². The number of hydrogen-bond donors (Lipinski definition) is 1. The molecule has 2 heterocycles. The van der Waals surface area contributed by atoms with Crippen molar-refractivity contribution in [3.05, 3.63) is 35.4 Å². The number of anilines is 3. The largest absolute Gasteiger partial charge is 0.368 e. The van der Waals surface area contributed by atoms with Crippen LogP contribution in [-0.4, -0.2) is 29.0 Å². The van der Waals surface area contributed by atoms with Crippen LogP contribution < -0.4 is 15.5 Å². The summed E-state index contributed by atoms with van der Waals surface area (Å²) in [4.78, 5) is 16.7. The van der Waals surface area contributed by atoms with Gasteiger partial charge in [0, 0.05) is 27.2 Å². The van der Waals surface area contributed by atoms with Gasteiger partial charge in [0.25, 0.3) is 0 Å². The van der Waals surface area contributed by atoms with Crippen LogP contribution in [0.3, 0.4) is 0 Å². The molecule has 1 aromatic carbocycles.